The van der Waals surface area contributed by atoms with E-state index >= 15 is 0 Å². The summed E-state index contributed by atoms with van der Waals surface area (Å²) >= 11 is 6.17. The highest BCUT2D eigenvalue weighted by Crippen LogP contribution is 2.39. The molecule has 3 saturated heterocycles. The second-order valence-corrected chi connectivity index (χ2v) is 15.4. The SMILES string of the molecule is CC(C)N1CCN(C2CCN(C(=O)[C@H](CC(=O)N3CCC(N4CCc5ccccc5NC4=O)CC3)Cc3cc(Cl)c(N)c(C(F)(F)F)c3)CC2)CC1. The molecule has 0 unspecified atom stereocenters. The van der Waals surface area contributed by atoms with Crippen LogP contribution in [0, 0.1) is 5.92 Å². The van der Waals surface area contributed by atoms with Crippen molar-refractivity contribution in [2.75, 3.05) is 70.0 Å². The quantitative estimate of drug-likeness (QED) is 0.342. The smallest absolute Gasteiger partial charge is 0.397 e. The maximum absolute atomic E-state index is 14.2. The Labute approximate surface area is 309 Å². The third kappa shape index (κ3) is 8.80. The molecule has 0 radical (unpaired) electrons. The molecule has 0 saturated carbocycles. The van der Waals surface area contributed by atoms with Crippen LogP contribution in [0.25, 0.3) is 0 Å². The number of nitrogen functional groups attached to an aromatic ring is 1. The number of hydrogen-bond donors (Lipinski definition) is 2. The molecule has 0 spiro atoms. The van der Waals surface area contributed by atoms with E-state index in [4.69, 9.17) is 17.3 Å². The van der Waals surface area contributed by atoms with Crippen molar-refractivity contribution in [1.82, 2.24) is 24.5 Å². The molecule has 4 aliphatic rings. The van der Waals surface area contributed by atoms with Gasteiger partial charge in [-0.05, 0) is 81.7 Å². The predicted molar refractivity (Wildman–Crippen MR) is 196 cm³/mol. The normalized spacial score (nSPS) is 20.8. The summed E-state index contributed by atoms with van der Waals surface area (Å²) < 4.78 is 41.6. The maximum Gasteiger partial charge on any atom is 0.418 e. The highest BCUT2D eigenvalue weighted by Gasteiger charge is 2.38. The fourth-order valence-corrected chi connectivity index (χ4v) is 8.63. The number of anilines is 2. The number of carbonyl (C=O) groups excluding carboxylic acids is 3. The number of benzene rings is 2. The van der Waals surface area contributed by atoms with Gasteiger partial charge in [0.05, 0.1) is 22.2 Å². The van der Waals surface area contributed by atoms with Gasteiger partial charge in [0.25, 0.3) is 0 Å². The summed E-state index contributed by atoms with van der Waals surface area (Å²) in [6.45, 7) is 10.9. The lowest BCUT2D eigenvalue weighted by Crippen LogP contribution is -2.55. The molecule has 52 heavy (non-hydrogen) atoms. The van der Waals surface area contributed by atoms with E-state index in [0.717, 1.165) is 62.8 Å². The van der Waals surface area contributed by atoms with E-state index in [0.29, 0.717) is 57.6 Å². The van der Waals surface area contributed by atoms with Crippen LogP contribution in [0.3, 0.4) is 0 Å². The number of fused-ring (bicyclic) bond motifs is 1. The molecule has 284 valence electrons. The number of nitrogens with one attached hydrogen (secondary N) is 1. The van der Waals surface area contributed by atoms with E-state index in [1.807, 2.05) is 29.2 Å². The van der Waals surface area contributed by atoms with Crippen LogP contribution >= 0.6 is 11.6 Å². The van der Waals surface area contributed by atoms with Crippen LogP contribution in [-0.4, -0.2) is 119 Å². The van der Waals surface area contributed by atoms with Gasteiger partial charge in [-0.25, -0.2) is 4.79 Å². The largest absolute Gasteiger partial charge is 0.418 e. The lowest BCUT2D eigenvalue weighted by atomic mass is 9.91. The Morgan fingerprint density at radius 1 is 0.904 bits per heavy atom. The van der Waals surface area contributed by atoms with Gasteiger partial charge in [-0.1, -0.05) is 29.8 Å². The summed E-state index contributed by atoms with van der Waals surface area (Å²) in [4.78, 5) is 51.5. The lowest BCUT2D eigenvalue weighted by Gasteiger charge is -2.44. The highest BCUT2D eigenvalue weighted by molar-refractivity contribution is 6.33. The minimum absolute atomic E-state index is 0.0388. The summed E-state index contributed by atoms with van der Waals surface area (Å²) in [6.07, 6.45) is -1.40. The van der Waals surface area contributed by atoms with E-state index in [9.17, 15) is 27.6 Å². The first kappa shape index (κ1) is 38.2. The van der Waals surface area contributed by atoms with Crippen LogP contribution in [-0.2, 0) is 28.6 Å². The average molecular weight is 746 g/mol. The molecular formula is C38H51ClF3N7O3. The zero-order valence-corrected chi connectivity index (χ0v) is 30.9. The fourth-order valence-electron chi connectivity index (χ4n) is 8.39. The van der Waals surface area contributed by atoms with E-state index in [-0.39, 0.29) is 47.3 Å². The summed E-state index contributed by atoms with van der Waals surface area (Å²) in [5.41, 5.74) is 6.21. The minimum Gasteiger partial charge on any atom is -0.397 e. The first-order valence-electron chi connectivity index (χ1n) is 18.6. The predicted octanol–water partition coefficient (Wildman–Crippen LogP) is 5.59. The molecule has 1 atom stereocenters. The zero-order valence-electron chi connectivity index (χ0n) is 30.1. The number of piperazine rings is 1. The second kappa shape index (κ2) is 16.2. The van der Waals surface area contributed by atoms with Gasteiger partial charge in [-0.15, -0.1) is 0 Å². The number of nitrogens with zero attached hydrogens (tertiary/aromatic N) is 5. The Kier molecular flexibility index (Phi) is 11.9. The first-order chi connectivity index (χ1) is 24.8. The van der Waals surface area contributed by atoms with Crippen LogP contribution in [0.15, 0.2) is 36.4 Å². The molecule has 3 fully saturated rings. The van der Waals surface area contributed by atoms with Crippen molar-refractivity contribution >= 4 is 40.8 Å². The van der Waals surface area contributed by atoms with Crippen LogP contribution in [0.5, 0.6) is 0 Å². The molecule has 4 aliphatic heterocycles. The molecule has 2 aromatic carbocycles. The van der Waals surface area contributed by atoms with Gasteiger partial charge in [-0.2, -0.15) is 13.2 Å². The Bertz CT molecular complexity index is 1600. The number of alkyl halides is 3. The van der Waals surface area contributed by atoms with Crippen molar-refractivity contribution in [3.8, 4) is 0 Å². The van der Waals surface area contributed by atoms with Crippen molar-refractivity contribution in [2.24, 2.45) is 5.92 Å². The fraction of sp³-hybridized carbons (Fsp3) is 0.605. The number of nitrogens with two attached hydrogens (primary N) is 1. The standard InChI is InChI=1S/C38H51ClF3N7O3/c1-25(2)45-17-19-46(20-18-45)29-8-14-48(15-9-29)36(51)28(21-26-22-31(38(40,41)42)35(43)32(39)23-26)24-34(50)47-12-10-30(11-13-47)49-16-7-27-5-3-4-6-33(27)44-37(49)52/h3-6,22-23,25,28-30H,7-21,24,43H2,1-2H3,(H,44,52)/t28-/m0/s1. The van der Waals surface area contributed by atoms with E-state index in [1.165, 1.54) is 6.07 Å². The molecular weight excluding hydrogens is 695 g/mol. The van der Waals surface area contributed by atoms with E-state index in [1.54, 1.807) is 9.80 Å². The van der Waals surface area contributed by atoms with E-state index in [2.05, 4.69) is 29.0 Å². The highest BCUT2D eigenvalue weighted by atomic mass is 35.5. The van der Waals surface area contributed by atoms with Gasteiger partial charge < -0.3 is 25.8 Å². The number of amides is 4. The number of halogens is 4. The number of para-hydroxylation sites is 1. The Morgan fingerprint density at radius 2 is 1.54 bits per heavy atom. The zero-order chi connectivity index (χ0) is 37.2. The number of carbonyl (C=O) groups is 3. The molecule has 10 nitrogen and oxygen atoms in total. The van der Waals surface area contributed by atoms with Gasteiger partial charge in [-0.3, -0.25) is 19.4 Å². The molecule has 0 bridgehead atoms. The molecule has 14 heteroatoms. The summed E-state index contributed by atoms with van der Waals surface area (Å²) in [5.74, 6) is -1.32. The van der Waals surface area contributed by atoms with Crippen molar-refractivity contribution in [3.05, 3.63) is 58.1 Å². The van der Waals surface area contributed by atoms with Crippen LogP contribution in [0.1, 0.15) is 62.6 Å². The van der Waals surface area contributed by atoms with Crippen molar-refractivity contribution < 1.29 is 27.6 Å². The van der Waals surface area contributed by atoms with Crippen LogP contribution < -0.4 is 11.1 Å². The first-order valence-corrected chi connectivity index (χ1v) is 19.0. The molecule has 0 aromatic heterocycles. The number of likely N-dealkylation sites (tertiary alicyclic amines) is 2. The molecule has 2 aromatic rings. The lowest BCUT2D eigenvalue weighted by molar-refractivity contribution is -0.143. The second-order valence-electron chi connectivity index (χ2n) is 15.0. The topological polar surface area (TPSA) is 105 Å². The summed E-state index contributed by atoms with van der Waals surface area (Å²) in [5, 5.41) is 2.78. The number of hydrogen-bond acceptors (Lipinski definition) is 6. The maximum atomic E-state index is 14.2. The van der Waals surface area contributed by atoms with Gasteiger partial charge in [0, 0.05) is 89.1 Å². The van der Waals surface area contributed by atoms with Crippen molar-refractivity contribution in [1.29, 1.82) is 0 Å². The molecule has 6 rings (SSSR count). The van der Waals surface area contributed by atoms with E-state index < -0.39 is 23.3 Å². The van der Waals surface area contributed by atoms with Gasteiger partial charge >= 0.3 is 12.2 Å². The Hall–Kier alpha value is -3.55. The van der Waals surface area contributed by atoms with Gasteiger partial charge in [0.1, 0.15) is 0 Å². The molecule has 4 heterocycles. The molecule has 0 aliphatic carbocycles. The minimum atomic E-state index is -4.72. The van der Waals surface area contributed by atoms with Gasteiger partial charge in [0.15, 0.2) is 0 Å². The Balaban J connectivity index is 1.11. The van der Waals surface area contributed by atoms with Crippen molar-refractivity contribution in [3.63, 3.8) is 0 Å². The summed E-state index contributed by atoms with van der Waals surface area (Å²) in [7, 11) is 0. The van der Waals surface area contributed by atoms with Gasteiger partial charge in [0.2, 0.25) is 11.8 Å². The van der Waals surface area contributed by atoms with Crippen LogP contribution in [0.2, 0.25) is 5.02 Å². The molecule has 4 amide bonds. The van der Waals surface area contributed by atoms with Crippen LogP contribution in [0.4, 0.5) is 29.3 Å². The summed E-state index contributed by atoms with van der Waals surface area (Å²) in [6, 6.07) is 10.8. The third-order valence-electron chi connectivity index (χ3n) is 11.5. The average Bonchev–Trinajstić information content (AvgIpc) is 3.30. The molecule has 3 N–H and O–H groups in total. The third-order valence-corrected chi connectivity index (χ3v) is 11.8. The number of urea groups is 1. The Morgan fingerprint density at radius 3 is 2.19 bits per heavy atom. The number of piperidine rings is 2. The van der Waals surface area contributed by atoms with Crippen molar-refractivity contribution in [2.45, 2.75) is 83.1 Å². The number of rotatable bonds is 8. The monoisotopic (exact) mass is 745 g/mol.